The fourth-order valence-electron chi connectivity index (χ4n) is 3.35. The number of piperazine rings is 1. The van der Waals surface area contributed by atoms with Gasteiger partial charge in [0.25, 0.3) is 0 Å². The molecule has 1 saturated carbocycles. The van der Waals surface area contributed by atoms with Crippen LogP contribution in [0.15, 0.2) is 0 Å². The fraction of sp³-hybridized carbons (Fsp3) is 0.857. The molecule has 1 N–H and O–H groups in total. The number of hydrogen-bond donors (Lipinski definition) is 1. The first kappa shape index (κ1) is 13.4. The highest BCUT2D eigenvalue weighted by Crippen LogP contribution is 2.38. The molecular weight excluding hydrogens is 228 g/mol. The van der Waals surface area contributed by atoms with Gasteiger partial charge >= 0.3 is 0 Å². The number of nitrogens with one attached hydrogen (secondary N) is 1. The predicted molar refractivity (Wildman–Crippen MR) is 70.0 cm³/mol. The van der Waals surface area contributed by atoms with Crippen molar-refractivity contribution in [3.05, 3.63) is 0 Å². The summed E-state index contributed by atoms with van der Waals surface area (Å²) in [5.74, 6) is 0.155. The zero-order chi connectivity index (χ0) is 13.4. The average Bonchev–Trinajstić information content (AvgIpc) is 2.39. The van der Waals surface area contributed by atoms with Gasteiger partial charge in [0.1, 0.15) is 11.1 Å². The van der Waals surface area contributed by atoms with Crippen molar-refractivity contribution < 1.29 is 9.59 Å². The van der Waals surface area contributed by atoms with E-state index in [1.807, 2.05) is 25.7 Å². The van der Waals surface area contributed by atoms with Crippen molar-refractivity contribution in [2.24, 2.45) is 0 Å². The van der Waals surface area contributed by atoms with Crippen LogP contribution in [0.4, 0.5) is 0 Å². The first-order valence-electron chi connectivity index (χ1n) is 7.15. The molecule has 1 atom stereocenters. The smallest absolute Gasteiger partial charge is 0.248 e. The van der Waals surface area contributed by atoms with E-state index in [0.29, 0.717) is 13.0 Å². The van der Waals surface area contributed by atoms with Gasteiger partial charge in [-0.1, -0.05) is 26.2 Å². The van der Waals surface area contributed by atoms with Crippen molar-refractivity contribution in [1.82, 2.24) is 10.2 Å². The molecule has 18 heavy (non-hydrogen) atoms. The predicted octanol–water partition coefficient (Wildman–Crippen LogP) is 1.84. The number of carbonyl (C=O) groups is 2. The summed E-state index contributed by atoms with van der Waals surface area (Å²) in [5, 5.41) is 2.99. The molecule has 2 rings (SSSR count). The Balaban J connectivity index is 2.37. The van der Waals surface area contributed by atoms with E-state index in [-0.39, 0.29) is 11.8 Å². The van der Waals surface area contributed by atoms with E-state index in [9.17, 15) is 9.59 Å². The summed E-state index contributed by atoms with van der Waals surface area (Å²) in [6.45, 7) is 6.39. The van der Waals surface area contributed by atoms with E-state index in [0.717, 1.165) is 25.7 Å². The number of carbonyl (C=O) groups excluding carboxylic acids is 2. The van der Waals surface area contributed by atoms with Crippen LogP contribution in [-0.2, 0) is 9.59 Å². The van der Waals surface area contributed by atoms with Crippen molar-refractivity contribution in [2.45, 2.75) is 70.4 Å². The molecule has 0 aromatic heterocycles. The van der Waals surface area contributed by atoms with Crippen LogP contribution in [0.1, 0.15) is 59.3 Å². The zero-order valence-corrected chi connectivity index (χ0v) is 11.7. The van der Waals surface area contributed by atoms with Gasteiger partial charge in [-0.25, -0.2) is 0 Å². The number of likely N-dealkylation sites (N-methyl/N-ethyl adjacent to an activating group) is 1. The molecule has 0 aromatic rings. The van der Waals surface area contributed by atoms with E-state index < -0.39 is 11.1 Å². The van der Waals surface area contributed by atoms with Gasteiger partial charge < -0.3 is 10.2 Å². The van der Waals surface area contributed by atoms with Crippen LogP contribution >= 0.6 is 0 Å². The second-order valence-corrected chi connectivity index (χ2v) is 5.78. The topological polar surface area (TPSA) is 49.4 Å². The molecule has 0 bridgehead atoms. The third-order valence-corrected chi connectivity index (χ3v) is 4.75. The van der Waals surface area contributed by atoms with Gasteiger partial charge in [-0.2, -0.15) is 0 Å². The first-order valence-corrected chi connectivity index (χ1v) is 7.15. The highest BCUT2D eigenvalue weighted by molar-refractivity contribution is 6.02. The van der Waals surface area contributed by atoms with E-state index in [1.165, 1.54) is 6.42 Å². The maximum absolute atomic E-state index is 12.6. The lowest BCUT2D eigenvalue weighted by atomic mass is 9.75. The Bertz CT molecular complexity index is 361. The Morgan fingerprint density at radius 3 is 2.28 bits per heavy atom. The van der Waals surface area contributed by atoms with Crippen molar-refractivity contribution in [3.63, 3.8) is 0 Å². The summed E-state index contributed by atoms with van der Waals surface area (Å²) < 4.78 is 0. The van der Waals surface area contributed by atoms with Gasteiger partial charge in [0.05, 0.1) is 0 Å². The van der Waals surface area contributed by atoms with Crippen LogP contribution in [0.5, 0.6) is 0 Å². The van der Waals surface area contributed by atoms with Crippen LogP contribution in [-0.4, -0.2) is 34.3 Å². The molecule has 0 radical (unpaired) electrons. The highest BCUT2D eigenvalue weighted by Gasteiger charge is 2.55. The molecule has 1 aliphatic heterocycles. The molecule has 1 heterocycles. The molecule has 2 amide bonds. The highest BCUT2D eigenvalue weighted by atomic mass is 16.2. The Hall–Kier alpha value is -1.06. The van der Waals surface area contributed by atoms with Crippen molar-refractivity contribution in [3.8, 4) is 0 Å². The molecule has 1 saturated heterocycles. The Morgan fingerprint density at radius 1 is 1.17 bits per heavy atom. The molecule has 2 fully saturated rings. The van der Waals surface area contributed by atoms with Crippen molar-refractivity contribution >= 4 is 11.8 Å². The van der Waals surface area contributed by atoms with E-state index in [4.69, 9.17) is 0 Å². The van der Waals surface area contributed by atoms with Crippen LogP contribution in [0.25, 0.3) is 0 Å². The molecule has 0 aromatic carbocycles. The molecular formula is C14H24N2O2. The van der Waals surface area contributed by atoms with Crippen molar-refractivity contribution in [1.29, 1.82) is 0 Å². The third-order valence-electron chi connectivity index (χ3n) is 4.75. The summed E-state index contributed by atoms with van der Waals surface area (Å²) in [4.78, 5) is 27.0. The standard InChI is InChI=1S/C14H24N2O2/c1-4-13(3)12(18)16(5-2)14(11(17)15-13)9-7-6-8-10-14/h4-10H2,1-3H3,(H,15,17). The van der Waals surface area contributed by atoms with Gasteiger partial charge in [-0.05, 0) is 33.1 Å². The van der Waals surface area contributed by atoms with E-state index in [1.54, 1.807) is 0 Å². The van der Waals surface area contributed by atoms with E-state index in [2.05, 4.69) is 5.32 Å². The van der Waals surface area contributed by atoms with Crippen LogP contribution in [0.2, 0.25) is 0 Å². The lowest BCUT2D eigenvalue weighted by Crippen LogP contribution is -2.75. The third kappa shape index (κ3) is 1.73. The summed E-state index contributed by atoms with van der Waals surface area (Å²) >= 11 is 0. The van der Waals surface area contributed by atoms with Gasteiger partial charge in [0, 0.05) is 6.54 Å². The Morgan fingerprint density at radius 2 is 1.78 bits per heavy atom. The minimum absolute atomic E-state index is 0.0630. The second kappa shape index (κ2) is 4.56. The van der Waals surface area contributed by atoms with Crippen LogP contribution < -0.4 is 5.32 Å². The minimum Gasteiger partial charge on any atom is -0.340 e. The molecule has 2 aliphatic rings. The molecule has 4 heteroatoms. The maximum Gasteiger partial charge on any atom is 0.248 e. The van der Waals surface area contributed by atoms with Crippen LogP contribution in [0.3, 0.4) is 0 Å². The normalized spacial score (nSPS) is 31.6. The van der Waals surface area contributed by atoms with Gasteiger partial charge in [0.2, 0.25) is 11.8 Å². The van der Waals surface area contributed by atoms with Crippen LogP contribution in [0, 0.1) is 0 Å². The maximum atomic E-state index is 12.6. The summed E-state index contributed by atoms with van der Waals surface area (Å²) in [7, 11) is 0. The quantitative estimate of drug-likeness (QED) is 0.815. The Kier molecular flexibility index (Phi) is 3.39. The second-order valence-electron chi connectivity index (χ2n) is 5.78. The monoisotopic (exact) mass is 252 g/mol. The van der Waals surface area contributed by atoms with Crippen molar-refractivity contribution in [2.75, 3.05) is 6.54 Å². The zero-order valence-electron chi connectivity index (χ0n) is 11.7. The van der Waals surface area contributed by atoms with E-state index >= 15 is 0 Å². The minimum atomic E-state index is -0.713. The van der Waals surface area contributed by atoms with Gasteiger partial charge in [-0.3, -0.25) is 9.59 Å². The number of amides is 2. The number of rotatable bonds is 2. The largest absolute Gasteiger partial charge is 0.340 e. The Labute approximate surface area is 109 Å². The number of hydrogen-bond acceptors (Lipinski definition) is 2. The van der Waals surface area contributed by atoms with Gasteiger partial charge in [0.15, 0.2) is 0 Å². The fourth-order valence-corrected chi connectivity index (χ4v) is 3.35. The van der Waals surface area contributed by atoms with Gasteiger partial charge in [-0.15, -0.1) is 0 Å². The average molecular weight is 252 g/mol. The molecule has 1 aliphatic carbocycles. The first-order chi connectivity index (χ1) is 8.50. The summed E-state index contributed by atoms with van der Waals surface area (Å²) in [5.41, 5.74) is -1.27. The molecule has 4 nitrogen and oxygen atoms in total. The number of nitrogens with zero attached hydrogens (tertiary/aromatic N) is 1. The lowest BCUT2D eigenvalue weighted by molar-refractivity contribution is -0.164. The SMILES string of the molecule is CCN1C(=O)C(C)(CC)NC(=O)C12CCCCC2. The molecule has 102 valence electrons. The summed E-state index contributed by atoms with van der Waals surface area (Å²) in [6.07, 6.45) is 5.53. The summed E-state index contributed by atoms with van der Waals surface area (Å²) in [6, 6.07) is 0. The molecule has 1 spiro atoms. The lowest BCUT2D eigenvalue weighted by Gasteiger charge is -2.52. The molecule has 1 unspecified atom stereocenters.